The van der Waals surface area contributed by atoms with Gasteiger partial charge in [-0.3, -0.25) is 9.59 Å². The van der Waals surface area contributed by atoms with Crippen molar-refractivity contribution in [3.63, 3.8) is 0 Å². The largest absolute Gasteiger partial charge is 0.449 e. The summed E-state index contributed by atoms with van der Waals surface area (Å²) in [5.41, 5.74) is 0.336. The van der Waals surface area contributed by atoms with Crippen LogP contribution in [-0.2, 0) is 20.9 Å². The zero-order chi connectivity index (χ0) is 20.5. The first-order valence-corrected chi connectivity index (χ1v) is 10.8. The molecule has 0 unspecified atom stereocenters. The Kier molecular flexibility index (Phi) is 8.53. The van der Waals surface area contributed by atoms with Crippen molar-refractivity contribution in [1.82, 2.24) is 10.6 Å². The van der Waals surface area contributed by atoms with Crippen molar-refractivity contribution in [1.29, 1.82) is 0 Å². The summed E-state index contributed by atoms with van der Waals surface area (Å²) in [6.45, 7) is 5.71. The fourth-order valence-electron chi connectivity index (χ4n) is 2.28. The third-order valence-electron chi connectivity index (χ3n) is 3.59. The maximum absolute atomic E-state index is 12.5. The topological polar surface area (TPSA) is 84.5 Å². The third kappa shape index (κ3) is 7.01. The Labute approximate surface area is 173 Å². The third-order valence-corrected chi connectivity index (χ3v) is 5.54. The molecule has 1 heterocycles. The van der Waals surface area contributed by atoms with Crippen molar-refractivity contribution in [2.45, 2.75) is 44.4 Å². The second kappa shape index (κ2) is 10.9. The fraction of sp³-hybridized carbons (Fsp3) is 0.350. The monoisotopic (exact) mass is 420 g/mol. The molecule has 1 aromatic carbocycles. The van der Waals surface area contributed by atoms with Crippen LogP contribution >= 0.6 is 23.1 Å². The van der Waals surface area contributed by atoms with Crippen molar-refractivity contribution >= 4 is 40.9 Å². The van der Waals surface area contributed by atoms with Gasteiger partial charge in [0.15, 0.2) is 6.10 Å². The Hall–Kier alpha value is -2.32. The number of benzene rings is 1. The van der Waals surface area contributed by atoms with Gasteiger partial charge in [0.2, 0.25) is 5.91 Å². The van der Waals surface area contributed by atoms with Gasteiger partial charge in [-0.1, -0.05) is 18.2 Å². The molecule has 2 N–H and O–H groups in total. The summed E-state index contributed by atoms with van der Waals surface area (Å²) in [6, 6.07) is 10.8. The highest BCUT2D eigenvalue weighted by atomic mass is 32.2. The highest BCUT2D eigenvalue weighted by Gasteiger charge is 2.21. The van der Waals surface area contributed by atoms with E-state index in [4.69, 9.17) is 4.74 Å². The molecule has 0 aliphatic heterocycles. The molecule has 0 aliphatic carbocycles. The summed E-state index contributed by atoms with van der Waals surface area (Å²) in [5, 5.41) is 7.49. The van der Waals surface area contributed by atoms with E-state index in [9.17, 15) is 14.4 Å². The molecule has 150 valence electrons. The average Bonchev–Trinajstić information content (AvgIpc) is 3.17. The molecule has 28 heavy (non-hydrogen) atoms. The molecular formula is C20H24N2O4S2. The minimum atomic E-state index is -0.922. The van der Waals surface area contributed by atoms with Crippen molar-refractivity contribution in [2.75, 3.05) is 5.75 Å². The Morgan fingerprint density at radius 3 is 2.54 bits per heavy atom. The van der Waals surface area contributed by atoms with Gasteiger partial charge in [-0.05, 0) is 44.4 Å². The molecule has 0 saturated carbocycles. The number of carbonyl (C=O) groups is 3. The van der Waals surface area contributed by atoms with Gasteiger partial charge in [-0.25, -0.2) is 4.79 Å². The van der Waals surface area contributed by atoms with Gasteiger partial charge in [-0.15, -0.1) is 23.1 Å². The predicted octanol–water partition coefficient (Wildman–Crippen LogP) is 3.23. The standard InChI is InChI=1S/C20H24N2O4S2/c1-13(2)22-18(23)12-28-17-9-5-4-8-16(17)20(25)26-14(3)19(24)21-11-15-7-6-10-27-15/h4-10,13-14H,11-12H2,1-3H3,(H,21,24)(H,22,23)/t14-/m0/s1. The summed E-state index contributed by atoms with van der Waals surface area (Å²) in [5.74, 6) is -0.863. The molecule has 6 nitrogen and oxygen atoms in total. The number of rotatable bonds is 9. The van der Waals surface area contributed by atoms with Gasteiger partial charge >= 0.3 is 5.97 Å². The minimum absolute atomic E-state index is 0.0573. The molecule has 0 radical (unpaired) electrons. The van der Waals surface area contributed by atoms with Crippen LogP contribution in [-0.4, -0.2) is 35.7 Å². The maximum Gasteiger partial charge on any atom is 0.340 e. The highest BCUT2D eigenvalue weighted by Crippen LogP contribution is 2.23. The van der Waals surface area contributed by atoms with Gasteiger partial charge < -0.3 is 15.4 Å². The van der Waals surface area contributed by atoms with E-state index < -0.39 is 12.1 Å². The lowest BCUT2D eigenvalue weighted by molar-refractivity contribution is -0.129. The predicted molar refractivity (Wildman–Crippen MR) is 111 cm³/mol. The van der Waals surface area contributed by atoms with Crippen molar-refractivity contribution in [2.24, 2.45) is 0 Å². The van der Waals surface area contributed by atoms with Crippen molar-refractivity contribution in [3.8, 4) is 0 Å². The number of hydrogen-bond acceptors (Lipinski definition) is 6. The Bertz CT molecular complexity index is 806. The number of carbonyl (C=O) groups excluding carboxylic acids is 3. The van der Waals surface area contributed by atoms with E-state index in [1.54, 1.807) is 35.6 Å². The van der Waals surface area contributed by atoms with Crippen LogP contribution in [0.15, 0.2) is 46.7 Å². The molecule has 2 amide bonds. The second-order valence-electron chi connectivity index (χ2n) is 6.35. The highest BCUT2D eigenvalue weighted by molar-refractivity contribution is 8.00. The summed E-state index contributed by atoms with van der Waals surface area (Å²) in [7, 11) is 0. The van der Waals surface area contributed by atoms with Gasteiger partial charge in [0.05, 0.1) is 17.9 Å². The minimum Gasteiger partial charge on any atom is -0.449 e. The van der Waals surface area contributed by atoms with E-state index in [0.717, 1.165) is 4.88 Å². The van der Waals surface area contributed by atoms with Crippen LogP contribution in [0.3, 0.4) is 0 Å². The summed E-state index contributed by atoms with van der Waals surface area (Å²) >= 11 is 2.80. The van der Waals surface area contributed by atoms with Crippen LogP contribution in [0, 0.1) is 0 Å². The molecule has 1 atom stereocenters. The second-order valence-corrected chi connectivity index (χ2v) is 8.40. The molecule has 2 rings (SSSR count). The number of nitrogens with one attached hydrogen (secondary N) is 2. The Morgan fingerprint density at radius 1 is 1.11 bits per heavy atom. The van der Waals surface area contributed by atoms with E-state index in [0.29, 0.717) is 17.0 Å². The van der Waals surface area contributed by atoms with E-state index in [1.807, 2.05) is 31.4 Å². The van der Waals surface area contributed by atoms with E-state index in [-0.39, 0.29) is 23.6 Å². The first-order chi connectivity index (χ1) is 13.4. The molecule has 2 aromatic rings. The van der Waals surface area contributed by atoms with Crippen LogP contribution in [0.4, 0.5) is 0 Å². The smallest absolute Gasteiger partial charge is 0.340 e. The molecule has 0 aliphatic rings. The van der Waals surface area contributed by atoms with Gasteiger partial charge in [0.25, 0.3) is 5.91 Å². The number of thiophene rings is 1. The van der Waals surface area contributed by atoms with Crippen LogP contribution in [0.1, 0.15) is 36.0 Å². The maximum atomic E-state index is 12.5. The molecule has 1 aromatic heterocycles. The Morgan fingerprint density at radius 2 is 1.86 bits per heavy atom. The Balaban J connectivity index is 1.92. The summed E-state index contributed by atoms with van der Waals surface area (Å²) < 4.78 is 5.32. The van der Waals surface area contributed by atoms with Gasteiger partial charge in [-0.2, -0.15) is 0 Å². The number of hydrogen-bond donors (Lipinski definition) is 2. The van der Waals surface area contributed by atoms with Crippen LogP contribution in [0.25, 0.3) is 0 Å². The normalized spacial score (nSPS) is 11.7. The number of ether oxygens (including phenoxy) is 1. The molecule has 0 saturated heterocycles. The quantitative estimate of drug-likeness (QED) is 0.481. The van der Waals surface area contributed by atoms with Crippen LogP contribution in [0.5, 0.6) is 0 Å². The lowest BCUT2D eigenvalue weighted by Gasteiger charge is -2.15. The number of thioether (sulfide) groups is 1. The SMILES string of the molecule is CC(C)NC(=O)CSc1ccccc1C(=O)O[C@@H](C)C(=O)NCc1cccs1. The first-order valence-electron chi connectivity index (χ1n) is 8.89. The number of amides is 2. The van der Waals surface area contributed by atoms with Gasteiger partial charge in [0.1, 0.15) is 0 Å². The van der Waals surface area contributed by atoms with E-state index in [2.05, 4.69) is 10.6 Å². The summed E-state index contributed by atoms with van der Waals surface area (Å²) in [4.78, 5) is 38.2. The molecule has 0 fully saturated rings. The summed E-state index contributed by atoms with van der Waals surface area (Å²) in [6.07, 6.45) is -0.922. The lowest BCUT2D eigenvalue weighted by atomic mass is 10.2. The van der Waals surface area contributed by atoms with Crippen molar-refractivity contribution in [3.05, 3.63) is 52.2 Å². The van der Waals surface area contributed by atoms with Crippen molar-refractivity contribution < 1.29 is 19.1 Å². The zero-order valence-electron chi connectivity index (χ0n) is 16.1. The zero-order valence-corrected chi connectivity index (χ0v) is 17.7. The van der Waals surface area contributed by atoms with E-state index >= 15 is 0 Å². The molecule has 0 bridgehead atoms. The van der Waals surface area contributed by atoms with Gasteiger partial charge in [0, 0.05) is 15.8 Å². The first kappa shape index (κ1) is 22.0. The van der Waals surface area contributed by atoms with Crippen LogP contribution < -0.4 is 10.6 Å². The molecule has 0 spiro atoms. The number of esters is 1. The molecular weight excluding hydrogens is 396 g/mol. The van der Waals surface area contributed by atoms with E-state index in [1.165, 1.54) is 18.7 Å². The average molecular weight is 421 g/mol. The fourth-order valence-corrected chi connectivity index (χ4v) is 3.77. The molecule has 8 heteroatoms. The van der Waals surface area contributed by atoms with Crippen LogP contribution in [0.2, 0.25) is 0 Å². The lowest BCUT2D eigenvalue weighted by Crippen LogP contribution is -2.35.